The zero-order chi connectivity index (χ0) is 27.4. The number of anilines is 1. The number of nitro groups is 1. The number of imidazole rings is 1. The number of nitro benzene ring substituents is 1. The molecule has 0 bridgehead atoms. The fraction of sp³-hybridized carbons (Fsp3) is 0.207. The average Bonchev–Trinajstić information content (AvgIpc) is 3.40. The maximum Gasteiger partial charge on any atom is 0.302 e. The molecule has 1 fully saturated rings. The van der Waals surface area contributed by atoms with Crippen LogP contribution in [0.5, 0.6) is 0 Å². The highest BCUT2D eigenvalue weighted by atomic mass is 16.6. The summed E-state index contributed by atoms with van der Waals surface area (Å²) in [5.74, 6) is -2.10. The van der Waals surface area contributed by atoms with E-state index in [1.807, 2.05) is 49.4 Å². The molecule has 1 aliphatic heterocycles. The number of H-pyrrole nitrogens is 1. The SMILES string of the molecule is Cc1ccc2nc(N3C(=O)C(=O)/C(=C(/O)c4cccc([N+](=O)[O-])c4)C3c3ccc(C(C)(C)C)cc3)[nH]c2c1. The van der Waals surface area contributed by atoms with Gasteiger partial charge in [0.1, 0.15) is 5.76 Å². The molecule has 0 aliphatic carbocycles. The van der Waals surface area contributed by atoms with E-state index in [0.717, 1.165) is 11.1 Å². The quantitative estimate of drug-likeness (QED) is 0.119. The van der Waals surface area contributed by atoms with Gasteiger partial charge >= 0.3 is 5.91 Å². The molecule has 9 heteroatoms. The highest BCUT2D eigenvalue weighted by Gasteiger charge is 2.48. The van der Waals surface area contributed by atoms with Crippen LogP contribution in [-0.4, -0.2) is 31.7 Å². The van der Waals surface area contributed by atoms with Gasteiger partial charge in [0.15, 0.2) is 0 Å². The number of aromatic amines is 1. The van der Waals surface area contributed by atoms with Gasteiger partial charge in [-0.1, -0.05) is 63.2 Å². The van der Waals surface area contributed by atoms with E-state index < -0.39 is 28.4 Å². The second-order valence-corrected chi connectivity index (χ2v) is 10.4. The number of hydrogen-bond acceptors (Lipinski definition) is 6. The van der Waals surface area contributed by atoms with Gasteiger partial charge < -0.3 is 10.1 Å². The molecule has 1 atom stereocenters. The Hall–Kier alpha value is -4.79. The third kappa shape index (κ3) is 4.21. The second-order valence-electron chi connectivity index (χ2n) is 10.4. The predicted molar refractivity (Wildman–Crippen MR) is 144 cm³/mol. The number of aliphatic hydroxyl groups is 1. The van der Waals surface area contributed by atoms with Gasteiger partial charge in [0.05, 0.1) is 27.6 Å². The van der Waals surface area contributed by atoms with Crippen molar-refractivity contribution in [2.75, 3.05) is 4.90 Å². The highest BCUT2D eigenvalue weighted by molar-refractivity contribution is 6.51. The average molecular weight is 511 g/mol. The Morgan fingerprint density at radius 3 is 2.42 bits per heavy atom. The highest BCUT2D eigenvalue weighted by Crippen LogP contribution is 2.42. The first kappa shape index (κ1) is 24.9. The lowest BCUT2D eigenvalue weighted by Gasteiger charge is -2.24. The summed E-state index contributed by atoms with van der Waals surface area (Å²) >= 11 is 0. The first-order chi connectivity index (χ1) is 18.0. The number of ketones is 1. The maximum atomic E-state index is 13.4. The third-order valence-corrected chi connectivity index (χ3v) is 6.72. The molecular weight excluding hydrogens is 484 g/mol. The van der Waals surface area contributed by atoms with E-state index in [1.165, 1.54) is 29.2 Å². The van der Waals surface area contributed by atoms with Gasteiger partial charge in [-0.2, -0.15) is 0 Å². The Bertz CT molecular complexity index is 1640. The molecule has 0 radical (unpaired) electrons. The fourth-order valence-electron chi connectivity index (χ4n) is 4.68. The topological polar surface area (TPSA) is 129 Å². The van der Waals surface area contributed by atoms with Crippen molar-refractivity contribution >= 4 is 40.1 Å². The van der Waals surface area contributed by atoms with Crippen molar-refractivity contribution in [2.24, 2.45) is 0 Å². The molecule has 1 amide bonds. The summed E-state index contributed by atoms with van der Waals surface area (Å²) in [7, 11) is 0. The molecule has 3 aromatic carbocycles. The monoisotopic (exact) mass is 510 g/mol. The van der Waals surface area contributed by atoms with E-state index in [0.29, 0.717) is 16.6 Å². The molecule has 38 heavy (non-hydrogen) atoms. The molecule has 9 nitrogen and oxygen atoms in total. The molecule has 2 heterocycles. The number of carbonyl (C=O) groups excluding carboxylic acids is 2. The van der Waals surface area contributed by atoms with E-state index >= 15 is 0 Å². The maximum absolute atomic E-state index is 13.4. The third-order valence-electron chi connectivity index (χ3n) is 6.72. The number of benzene rings is 3. The van der Waals surface area contributed by atoms with Crippen molar-refractivity contribution in [2.45, 2.75) is 39.2 Å². The summed E-state index contributed by atoms with van der Waals surface area (Å²) in [4.78, 5) is 46.5. The van der Waals surface area contributed by atoms with E-state index in [1.54, 1.807) is 0 Å². The number of hydrogen-bond donors (Lipinski definition) is 2. The number of amides is 1. The van der Waals surface area contributed by atoms with Gasteiger partial charge in [-0.3, -0.25) is 24.6 Å². The molecule has 1 unspecified atom stereocenters. The summed E-state index contributed by atoms with van der Waals surface area (Å²) in [6.07, 6.45) is 0. The van der Waals surface area contributed by atoms with E-state index in [2.05, 4.69) is 30.7 Å². The van der Waals surface area contributed by atoms with E-state index in [-0.39, 0.29) is 28.2 Å². The van der Waals surface area contributed by atoms with Crippen LogP contribution in [0.25, 0.3) is 16.8 Å². The molecule has 4 aromatic rings. The Morgan fingerprint density at radius 2 is 1.76 bits per heavy atom. The number of aromatic nitrogens is 2. The summed E-state index contributed by atoms with van der Waals surface area (Å²) < 4.78 is 0. The molecule has 1 saturated heterocycles. The Balaban J connectivity index is 1.72. The van der Waals surface area contributed by atoms with Crippen LogP contribution >= 0.6 is 0 Å². The van der Waals surface area contributed by atoms with Gasteiger partial charge in [-0.05, 0) is 41.2 Å². The minimum atomic E-state index is -1.01. The second kappa shape index (κ2) is 8.95. The Morgan fingerprint density at radius 1 is 1.05 bits per heavy atom. The zero-order valence-corrected chi connectivity index (χ0v) is 21.4. The number of carbonyl (C=O) groups is 2. The largest absolute Gasteiger partial charge is 0.507 e. The molecule has 2 N–H and O–H groups in total. The van der Waals surface area contributed by atoms with Crippen molar-refractivity contribution in [3.05, 3.63) is 105 Å². The minimum Gasteiger partial charge on any atom is -0.507 e. The number of aryl methyl sites for hydroxylation is 1. The van der Waals surface area contributed by atoms with Crippen LogP contribution in [0.3, 0.4) is 0 Å². The van der Waals surface area contributed by atoms with Gasteiger partial charge in [0.25, 0.3) is 11.5 Å². The first-order valence-electron chi connectivity index (χ1n) is 12.1. The van der Waals surface area contributed by atoms with Crippen LogP contribution in [0.2, 0.25) is 0 Å². The standard InChI is InChI=1S/C29H26N4O5/c1-16-8-13-21-22(14-16)31-28(30-21)32-24(17-9-11-19(12-10-17)29(2,3)4)23(26(35)27(32)36)25(34)18-6-5-7-20(15-18)33(37)38/h5-15,24,34H,1-4H3,(H,30,31)/b25-23+. The lowest BCUT2D eigenvalue weighted by atomic mass is 9.85. The lowest BCUT2D eigenvalue weighted by Crippen LogP contribution is -2.30. The lowest BCUT2D eigenvalue weighted by molar-refractivity contribution is -0.384. The summed E-state index contributed by atoms with van der Waals surface area (Å²) in [5, 5.41) is 22.6. The van der Waals surface area contributed by atoms with E-state index in [9.17, 15) is 24.8 Å². The number of rotatable bonds is 4. The van der Waals surface area contributed by atoms with Crippen molar-refractivity contribution in [1.82, 2.24) is 9.97 Å². The molecule has 0 spiro atoms. The molecule has 5 rings (SSSR count). The van der Waals surface area contributed by atoms with Crippen LogP contribution in [0, 0.1) is 17.0 Å². The number of Topliss-reactive ketones (excluding diaryl/α,β-unsaturated/α-hetero) is 1. The van der Waals surface area contributed by atoms with Gasteiger partial charge in [0, 0.05) is 17.7 Å². The van der Waals surface area contributed by atoms with Crippen LogP contribution in [0.1, 0.15) is 49.1 Å². The molecule has 0 saturated carbocycles. The Kier molecular flexibility index (Phi) is 5.86. The van der Waals surface area contributed by atoms with Crippen LogP contribution < -0.4 is 4.90 Å². The Labute approximate surface area is 218 Å². The number of fused-ring (bicyclic) bond motifs is 1. The van der Waals surface area contributed by atoms with Crippen LogP contribution in [-0.2, 0) is 15.0 Å². The van der Waals surface area contributed by atoms with Crippen molar-refractivity contribution < 1.29 is 19.6 Å². The van der Waals surface area contributed by atoms with Gasteiger partial charge in [-0.25, -0.2) is 4.98 Å². The number of aliphatic hydroxyl groups excluding tert-OH is 1. The minimum absolute atomic E-state index is 0.0637. The van der Waals surface area contributed by atoms with Crippen molar-refractivity contribution in [3.8, 4) is 0 Å². The number of nitrogens with one attached hydrogen (secondary N) is 1. The molecule has 192 valence electrons. The van der Waals surface area contributed by atoms with Crippen LogP contribution in [0.4, 0.5) is 11.6 Å². The molecule has 1 aliphatic rings. The van der Waals surface area contributed by atoms with Gasteiger partial charge in [-0.15, -0.1) is 0 Å². The zero-order valence-electron chi connectivity index (χ0n) is 21.4. The first-order valence-corrected chi connectivity index (χ1v) is 12.1. The normalized spacial score (nSPS) is 17.4. The number of nitrogens with zero attached hydrogens (tertiary/aromatic N) is 3. The predicted octanol–water partition coefficient (Wildman–Crippen LogP) is 5.70. The molecule has 1 aromatic heterocycles. The smallest absolute Gasteiger partial charge is 0.302 e. The number of non-ortho nitro benzene ring substituents is 1. The van der Waals surface area contributed by atoms with Crippen molar-refractivity contribution in [1.29, 1.82) is 0 Å². The molecular formula is C29H26N4O5. The fourth-order valence-corrected chi connectivity index (χ4v) is 4.68. The summed E-state index contributed by atoms with van der Waals surface area (Å²) in [6, 6.07) is 17.4. The summed E-state index contributed by atoms with van der Waals surface area (Å²) in [6.45, 7) is 8.16. The van der Waals surface area contributed by atoms with Crippen molar-refractivity contribution in [3.63, 3.8) is 0 Å². The summed E-state index contributed by atoms with van der Waals surface area (Å²) in [5.41, 5.74) is 3.47. The van der Waals surface area contributed by atoms with Gasteiger partial charge in [0.2, 0.25) is 5.95 Å². The van der Waals surface area contributed by atoms with Crippen LogP contribution in [0.15, 0.2) is 72.3 Å². The van der Waals surface area contributed by atoms with E-state index in [4.69, 9.17) is 0 Å².